The smallest absolute Gasteiger partial charge is 0.190 e. The quantitative estimate of drug-likeness (QED) is 0.368. The predicted molar refractivity (Wildman–Crippen MR) is 94.5 cm³/mol. The van der Waals surface area contributed by atoms with Crippen molar-refractivity contribution in [3.63, 3.8) is 0 Å². The average molecular weight is 313 g/mol. The Labute approximate surface area is 136 Å². The first-order chi connectivity index (χ1) is 10.8. The van der Waals surface area contributed by atoms with Crippen LogP contribution in [0.5, 0.6) is 0 Å². The topological polar surface area (TPSA) is 48.9 Å². The van der Waals surface area contributed by atoms with E-state index in [4.69, 9.17) is 4.74 Å². The molecule has 5 nitrogen and oxygen atoms in total. The van der Waals surface area contributed by atoms with E-state index in [0.29, 0.717) is 0 Å². The molecule has 0 saturated carbocycles. The van der Waals surface area contributed by atoms with Crippen molar-refractivity contribution in [1.29, 1.82) is 0 Å². The van der Waals surface area contributed by atoms with Crippen LogP contribution in [0.1, 0.15) is 46.0 Å². The van der Waals surface area contributed by atoms with E-state index in [1.807, 2.05) is 14.0 Å². The molecule has 1 fully saturated rings. The fraction of sp³-hybridized carbons (Fsp3) is 0.941. The molecule has 1 aliphatic heterocycles. The van der Waals surface area contributed by atoms with Crippen LogP contribution in [0.25, 0.3) is 0 Å². The molecule has 0 aromatic heterocycles. The lowest BCUT2D eigenvalue weighted by molar-refractivity contribution is 0.143. The summed E-state index contributed by atoms with van der Waals surface area (Å²) in [4.78, 5) is 6.89. The maximum absolute atomic E-state index is 5.34. The van der Waals surface area contributed by atoms with Crippen LogP contribution < -0.4 is 10.6 Å². The number of nitrogens with one attached hydrogen (secondary N) is 2. The van der Waals surface area contributed by atoms with Crippen LogP contribution in [0.3, 0.4) is 0 Å². The molecule has 1 saturated heterocycles. The van der Waals surface area contributed by atoms with E-state index < -0.39 is 0 Å². The Balaban J connectivity index is 2.06. The maximum Gasteiger partial charge on any atom is 0.190 e. The summed E-state index contributed by atoms with van der Waals surface area (Å²) in [6.07, 6.45) is 6.10. The summed E-state index contributed by atoms with van der Waals surface area (Å²) >= 11 is 0. The van der Waals surface area contributed by atoms with Crippen LogP contribution in [-0.4, -0.2) is 63.8 Å². The van der Waals surface area contributed by atoms with Crippen LogP contribution in [0, 0.1) is 5.92 Å². The molecule has 0 aromatic carbocycles. The molecule has 0 aromatic rings. The first-order valence-corrected chi connectivity index (χ1v) is 9.04. The minimum atomic E-state index is 0.782. The van der Waals surface area contributed by atoms with Crippen molar-refractivity contribution in [2.24, 2.45) is 10.9 Å². The van der Waals surface area contributed by atoms with E-state index in [9.17, 15) is 0 Å². The second kappa shape index (κ2) is 12.7. The second-order valence-electron chi connectivity index (χ2n) is 6.07. The molecule has 0 unspecified atom stereocenters. The van der Waals surface area contributed by atoms with Gasteiger partial charge in [-0.2, -0.15) is 0 Å². The first-order valence-electron chi connectivity index (χ1n) is 9.04. The molecule has 5 heteroatoms. The van der Waals surface area contributed by atoms with Gasteiger partial charge in [-0.25, -0.2) is 0 Å². The van der Waals surface area contributed by atoms with E-state index in [1.54, 1.807) is 0 Å². The second-order valence-corrected chi connectivity index (χ2v) is 6.07. The number of likely N-dealkylation sites (tertiary alicyclic amines) is 1. The summed E-state index contributed by atoms with van der Waals surface area (Å²) in [6, 6.07) is 0. The third kappa shape index (κ3) is 8.59. The third-order valence-electron chi connectivity index (χ3n) is 4.24. The molecule has 2 N–H and O–H groups in total. The van der Waals surface area contributed by atoms with Crippen molar-refractivity contribution in [1.82, 2.24) is 15.5 Å². The molecule has 0 atom stereocenters. The summed E-state index contributed by atoms with van der Waals surface area (Å²) in [5.41, 5.74) is 0. The molecule has 1 heterocycles. The zero-order chi connectivity index (χ0) is 16.0. The highest BCUT2D eigenvalue weighted by Crippen LogP contribution is 2.16. The van der Waals surface area contributed by atoms with E-state index in [-0.39, 0.29) is 0 Å². The Morgan fingerprint density at radius 2 is 1.95 bits per heavy atom. The Morgan fingerprint density at radius 3 is 2.59 bits per heavy atom. The van der Waals surface area contributed by atoms with Gasteiger partial charge >= 0.3 is 0 Å². The van der Waals surface area contributed by atoms with Gasteiger partial charge in [-0.3, -0.25) is 4.99 Å². The lowest BCUT2D eigenvalue weighted by atomic mass is 9.97. The van der Waals surface area contributed by atoms with Crippen LogP contribution in [-0.2, 0) is 4.74 Å². The number of ether oxygens (including phenoxy) is 1. The van der Waals surface area contributed by atoms with Crippen LogP contribution in [0.2, 0.25) is 0 Å². The molecular formula is C17H36N4O. The standard InChI is InChI=1S/C17H36N4O/c1-4-11-21-12-8-16(9-13-21)15-20-17(18-3)19-10-6-7-14-22-5-2/h16H,4-15H2,1-3H3,(H2,18,19,20). The average Bonchev–Trinajstić information content (AvgIpc) is 2.55. The molecule has 0 amide bonds. The van der Waals surface area contributed by atoms with E-state index in [2.05, 4.69) is 27.4 Å². The van der Waals surface area contributed by atoms with Crippen molar-refractivity contribution in [3.8, 4) is 0 Å². The fourth-order valence-corrected chi connectivity index (χ4v) is 2.87. The van der Waals surface area contributed by atoms with Gasteiger partial charge in [0.25, 0.3) is 0 Å². The summed E-state index contributed by atoms with van der Waals surface area (Å²) in [7, 11) is 1.85. The van der Waals surface area contributed by atoms with Gasteiger partial charge in [0.1, 0.15) is 0 Å². The van der Waals surface area contributed by atoms with Crippen molar-refractivity contribution in [3.05, 3.63) is 0 Å². The van der Waals surface area contributed by atoms with Gasteiger partial charge in [-0.05, 0) is 64.6 Å². The Morgan fingerprint density at radius 1 is 1.18 bits per heavy atom. The Hall–Kier alpha value is -0.810. The van der Waals surface area contributed by atoms with Crippen LogP contribution in [0.15, 0.2) is 4.99 Å². The lowest BCUT2D eigenvalue weighted by Crippen LogP contribution is -2.43. The highest BCUT2D eigenvalue weighted by atomic mass is 16.5. The van der Waals surface area contributed by atoms with Crippen molar-refractivity contribution >= 4 is 5.96 Å². The minimum Gasteiger partial charge on any atom is -0.382 e. The highest BCUT2D eigenvalue weighted by Gasteiger charge is 2.18. The normalized spacial score (nSPS) is 17.7. The van der Waals surface area contributed by atoms with Gasteiger partial charge in [0.15, 0.2) is 5.96 Å². The number of piperidine rings is 1. The van der Waals surface area contributed by atoms with Crippen molar-refractivity contribution in [2.45, 2.75) is 46.0 Å². The number of aliphatic imine (C=N–C) groups is 1. The molecule has 0 aliphatic carbocycles. The van der Waals surface area contributed by atoms with Crippen molar-refractivity contribution < 1.29 is 4.74 Å². The molecule has 0 bridgehead atoms. The van der Waals surface area contributed by atoms with Crippen LogP contribution >= 0.6 is 0 Å². The molecule has 0 radical (unpaired) electrons. The highest BCUT2D eigenvalue weighted by molar-refractivity contribution is 5.79. The summed E-state index contributed by atoms with van der Waals surface area (Å²) in [5, 5.41) is 6.87. The molecule has 1 rings (SSSR count). The van der Waals surface area contributed by atoms with Gasteiger partial charge in [0.05, 0.1) is 0 Å². The molecule has 22 heavy (non-hydrogen) atoms. The summed E-state index contributed by atoms with van der Waals surface area (Å²) in [6.45, 7) is 11.7. The molecule has 1 aliphatic rings. The zero-order valence-corrected chi connectivity index (χ0v) is 14.9. The monoisotopic (exact) mass is 312 g/mol. The minimum absolute atomic E-state index is 0.782. The number of rotatable bonds is 10. The lowest BCUT2D eigenvalue weighted by Gasteiger charge is -2.32. The molecule has 130 valence electrons. The van der Waals surface area contributed by atoms with E-state index in [1.165, 1.54) is 38.9 Å². The Kier molecular flexibility index (Phi) is 11.1. The fourth-order valence-electron chi connectivity index (χ4n) is 2.87. The SMILES string of the molecule is CCCN1CCC(CNC(=NC)NCCCCOCC)CC1. The van der Waals surface area contributed by atoms with Crippen molar-refractivity contribution in [2.75, 3.05) is 53.0 Å². The van der Waals surface area contributed by atoms with Gasteiger partial charge in [0, 0.05) is 33.4 Å². The molecular weight excluding hydrogens is 276 g/mol. The number of nitrogens with zero attached hydrogens (tertiary/aromatic N) is 2. The summed E-state index contributed by atoms with van der Waals surface area (Å²) in [5.74, 6) is 1.72. The van der Waals surface area contributed by atoms with E-state index >= 15 is 0 Å². The number of unbranched alkanes of at least 4 members (excludes halogenated alkanes) is 1. The summed E-state index contributed by atoms with van der Waals surface area (Å²) < 4.78 is 5.34. The van der Waals surface area contributed by atoms with E-state index in [0.717, 1.165) is 51.0 Å². The Bertz CT molecular complexity index is 288. The molecule has 0 spiro atoms. The number of guanidine groups is 1. The third-order valence-corrected chi connectivity index (χ3v) is 4.24. The van der Waals surface area contributed by atoms with Gasteiger partial charge in [0.2, 0.25) is 0 Å². The largest absolute Gasteiger partial charge is 0.382 e. The number of hydrogen-bond acceptors (Lipinski definition) is 3. The van der Waals surface area contributed by atoms with Crippen LogP contribution in [0.4, 0.5) is 0 Å². The first kappa shape index (κ1) is 19.2. The van der Waals surface area contributed by atoms with Gasteiger partial charge < -0.3 is 20.3 Å². The van der Waals surface area contributed by atoms with Gasteiger partial charge in [-0.1, -0.05) is 6.92 Å². The maximum atomic E-state index is 5.34. The zero-order valence-electron chi connectivity index (χ0n) is 14.9. The van der Waals surface area contributed by atoms with Gasteiger partial charge in [-0.15, -0.1) is 0 Å². The predicted octanol–water partition coefficient (Wildman–Crippen LogP) is 2.09. The number of hydrogen-bond donors (Lipinski definition) is 2.